The molecule has 72 valence electrons. The number of rotatable bonds is 2. The van der Waals surface area contributed by atoms with Gasteiger partial charge in [-0.1, -0.05) is 19.1 Å². The summed E-state index contributed by atoms with van der Waals surface area (Å²) in [5.74, 6) is 0.818. The van der Waals surface area contributed by atoms with E-state index >= 15 is 0 Å². The maximum absolute atomic E-state index is 5.16. The Hall–Kier alpha value is -1.57. The van der Waals surface area contributed by atoms with Crippen molar-refractivity contribution in [2.75, 3.05) is 7.11 Å². The van der Waals surface area contributed by atoms with Gasteiger partial charge in [-0.2, -0.15) is 0 Å². The van der Waals surface area contributed by atoms with Crippen molar-refractivity contribution < 1.29 is 4.74 Å². The number of hydrogen-bond donors (Lipinski definition) is 0. The number of nitrogens with zero attached hydrogens (tertiary/aromatic N) is 1. The van der Waals surface area contributed by atoms with Crippen molar-refractivity contribution in [1.82, 2.24) is 4.98 Å². The van der Waals surface area contributed by atoms with E-state index in [4.69, 9.17) is 4.74 Å². The minimum absolute atomic E-state index is 0.818. The van der Waals surface area contributed by atoms with Crippen LogP contribution in [0.4, 0.5) is 0 Å². The van der Waals surface area contributed by atoms with E-state index in [1.807, 2.05) is 18.2 Å². The maximum Gasteiger partial charge on any atom is 0.137 e. The van der Waals surface area contributed by atoms with E-state index in [1.54, 1.807) is 13.3 Å². The van der Waals surface area contributed by atoms with E-state index in [0.29, 0.717) is 0 Å². The Morgan fingerprint density at radius 3 is 2.93 bits per heavy atom. The van der Waals surface area contributed by atoms with Crippen LogP contribution in [0.5, 0.6) is 5.75 Å². The van der Waals surface area contributed by atoms with Crippen molar-refractivity contribution in [3.8, 4) is 5.75 Å². The monoisotopic (exact) mass is 187 g/mol. The number of aryl methyl sites for hydroxylation is 1. The summed E-state index contributed by atoms with van der Waals surface area (Å²) in [5.41, 5.74) is 2.35. The predicted molar refractivity (Wildman–Crippen MR) is 57.7 cm³/mol. The van der Waals surface area contributed by atoms with Crippen molar-refractivity contribution in [2.45, 2.75) is 13.3 Å². The molecule has 0 unspecified atom stereocenters. The highest BCUT2D eigenvalue weighted by Gasteiger charge is 2.01. The molecular formula is C12H13NO. The molecule has 0 fully saturated rings. The van der Waals surface area contributed by atoms with Crippen LogP contribution in [0.3, 0.4) is 0 Å². The van der Waals surface area contributed by atoms with E-state index in [0.717, 1.165) is 17.7 Å². The zero-order valence-corrected chi connectivity index (χ0v) is 8.45. The Bertz CT molecular complexity index is 451. The van der Waals surface area contributed by atoms with Gasteiger partial charge >= 0.3 is 0 Å². The van der Waals surface area contributed by atoms with Crippen LogP contribution in [0.25, 0.3) is 10.9 Å². The van der Waals surface area contributed by atoms with Crippen LogP contribution in [0.15, 0.2) is 30.5 Å². The molecule has 0 bridgehead atoms. The van der Waals surface area contributed by atoms with Gasteiger partial charge in [0.05, 0.1) is 18.8 Å². The standard InChI is InChI=1S/C12H13NO/c1-3-9-5-4-6-12-11(9)7-10(14-2)8-13-12/h4-8H,3H2,1-2H3. The summed E-state index contributed by atoms with van der Waals surface area (Å²) in [6, 6.07) is 8.24. The fourth-order valence-electron chi connectivity index (χ4n) is 1.61. The molecule has 2 aromatic rings. The Morgan fingerprint density at radius 2 is 2.21 bits per heavy atom. The zero-order valence-electron chi connectivity index (χ0n) is 8.45. The molecule has 2 nitrogen and oxygen atoms in total. The van der Waals surface area contributed by atoms with E-state index in [2.05, 4.69) is 18.0 Å². The summed E-state index contributed by atoms with van der Waals surface area (Å²) in [4.78, 5) is 4.34. The first-order valence-corrected chi connectivity index (χ1v) is 4.76. The molecule has 14 heavy (non-hydrogen) atoms. The van der Waals surface area contributed by atoms with Crippen LogP contribution in [0.2, 0.25) is 0 Å². The quantitative estimate of drug-likeness (QED) is 0.721. The minimum atomic E-state index is 0.818. The third-order valence-electron chi connectivity index (χ3n) is 2.41. The van der Waals surface area contributed by atoms with E-state index < -0.39 is 0 Å². The van der Waals surface area contributed by atoms with Crippen molar-refractivity contribution >= 4 is 10.9 Å². The molecule has 0 aliphatic rings. The van der Waals surface area contributed by atoms with Gasteiger partial charge in [-0.3, -0.25) is 4.98 Å². The fourth-order valence-corrected chi connectivity index (χ4v) is 1.61. The second-order valence-electron chi connectivity index (χ2n) is 3.21. The summed E-state index contributed by atoms with van der Waals surface area (Å²) in [6.45, 7) is 2.15. The molecule has 0 N–H and O–H groups in total. The summed E-state index contributed by atoms with van der Waals surface area (Å²) in [7, 11) is 1.66. The number of aromatic nitrogens is 1. The highest BCUT2D eigenvalue weighted by molar-refractivity contribution is 5.83. The van der Waals surface area contributed by atoms with E-state index in [-0.39, 0.29) is 0 Å². The lowest BCUT2D eigenvalue weighted by Gasteiger charge is -2.05. The first-order chi connectivity index (χ1) is 6.85. The number of fused-ring (bicyclic) bond motifs is 1. The molecule has 1 heterocycles. The number of ether oxygens (including phenoxy) is 1. The molecule has 0 aliphatic carbocycles. The molecule has 0 radical (unpaired) electrons. The Balaban J connectivity index is 2.70. The maximum atomic E-state index is 5.16. The SMILES string of the molecule is CCc1cccc2ncc(OC)cc12. The Kier molecular flexibility index (Phi) is 2.35. The normalized spacial score (nSPS) is 10.4. The summed E-state index contributed by atoms with van der Waals surface area (Å²) in [5, 5.41) is 1.19. The van der Waals surface area contributed by atoms with Gasteiger partial charge in [0.15, 0.2) is 0 Å². The third kappa shape index (κ3) is 1.43. The second-order valence-corrected chi connectivity index (χ2v) is 3.21. The highest BCUT2D eigenvalue weighted by Crippen LogP contribution is 2.21. The Labute approximate surface area is 83.5 Å². The van der Waals surface area contributed by atoms with E-state index in [9.17, 15) is 0 Å². The summed E-state index contributed by atoms with van der Waals surface area (Å²) < 4.78 is 5.16. The number of benzene rings is 1. The van der Waals surface area contributed by atoms with Crippen molar-refractivity contribution in [3.05, 3.63) is 36.0 Å². The molecule has 0 amide bonds. The lowest BCUT2D eigenvalue weighted by Crippen LogP contribution is -1.89. The number of hydrogen-bond acceptors (Lipinski definition) is 2. The number of pyridine rings is 1. The second kappa shape index (κ2) is 3.66. The van der Waals surface area contributed by atoms with Crippen LogP contribution in [0.1, 0.15) is 12.5 Å². The van der Waals surface area contributed by atoms with Crippen LogP contribution in [-0.2, 0) is 6.42 Å². The van der Waals surface area contributed by atoms with Gasteiger partial charge in [0.2, 0.25) is 0 Å². The van der Waals surface area contributed by atoms with Gasteiger partial charge in [0.1, 0.15) is 5.75 Å². The Morgan fingerprint density at radius 1 is 1.36 bits per heavy atom. The molecule has 0 aliphatic heterocycles. The van der Waals surface area contributed by atoms with Gasteiger partial charge in [0.25, 0.3) is 0 Å². The fraction of sp³-hybridized carbons (Fsp3) is 0.250. The molecular weight excluding hydrogens is 174 g/mol. The molecule has 0 saturated carbocycles. The molecule has 2 rings (SSSR count). The first kappa shape index (κ1) is 9.00. The lowest BCUT2D eigenvalue weighted by atomic mass is 10.1. The molecule has 0 spiro atoms. The van der Waals surface area contributed by atoms with Crippen LogP contribution >= 0.6 is 0 Å². The summed E-state index contributed by atoms with van der Waals surface area (Å²) >= 11 is 0. The third-order valence-corrected chi connectivity index (χ3v) is 2.41. The molecule has 1 aromatic heterocycles. The van der Waals surface area contributed by atoms with Gasteiger partial charge in [-0.25, -0.2) is 0 Å². The minimum Gasteiger partial charge on any atom is -0.495 e. The number of methoxy groups -OCH3 is 1. The van der Waals surface area contributed by atoms with Crippen molar-refractivity contribution in [2.24, 2.45) is 0 Å². The molecule has 0 saturated heterocycles. The first-order valence-electron chi connectivity index (χ1n) is 4.76. The van der Waals surface area contributed by atoms with Crippen LogP contribution in [0, 0.1) is 0 Å². The average molecular weight is 187 g/mol. The largest absolute Gasteiger partial charge is 0.495 e. The van der Waals surface area contributed by atoms with Gasteiger partial charge in [-0.05, 0) is 24.1 Å². The van der Waals surface area contributed by atoms with Gasteiger partial charge in [-0.15, -0.1) is 0 Å². The molecule has 0 atom stereocenters. The zero-order chi connectivity index (χ0) is 9.97. The topological polar surface area (TPSA) is 22.1 Å². The lowest BCUT2D eigenvalue weighted by molar-refractivity contribution is 0.413. The smallest absolute Gasteiger partial charge is 0.137 e. The van der Waals surface area contributed by atoms with E-state index in [1.165, 1.54) is 10.9 Å². The molecule has 2 heteroatoms. The van der Waals surface area contributed by atoms with Crippen LogP contribution < -0.4 is 4.74 Å². The van der Waals surface area contributed by atoms with Crippen molar-refractivity contribution in [3.63, 3.8) is 0 Å². The van der Waals surface area contributed by atoms with Crippen LogP contribution in [-0.4, -0.2) is 12.1 Å². The predicted octanol–water partition coefficient (Wildman–Crippen LogP) is 2.81. The van der Waals surface area contributed by atoms with Gasteiger partial charge in [0, 0.05) is 5.39 Å². The van der Waals surface area contributed by atoms with Gasteiger partial charge < -0.3 is 4.74 Å². The average Bonchev–Trinajstić information content (AvgIpc) is 2.27. The molecule has 1 aromatic carbocycles. The van der Waals surface area contributed by atoms with Crippen molar-refractivity contribution in [1.29, 1.82) is 0 Å². The summed E-state index contributed by atoms with van der Waals surface area (Å²) in [6.07, 6.45) is 2.77. The highest BCUT2D eigenvalue weighted by atomic mass is 16.5.